The molecule has 0 saturated heterocycles. The van der Waals surface area contributed by atoms with Gasteiger partial charge < -0.3 is 14.6 Å². The summed E-state index contributed by atoms with van der Waals surface area (Å²) in [7, 11) is 1.67. The first-order valence-electron chi connectivity index (χ1n) is 6.22. The van der Waals surface area contributed by atoms with E-state index in [-0.39, 0.29) is 0 Å². The number of hydrogen-bond acceptors (Lipinski definition) is 7. The van der Waals surface area contributed by atoms with Gasteiger partial charge in [0.05, 0.1) is 18.5 Å². The molecule has 1 N–H and O–H groups in total. The molecule has 2 heterocycles. The van der Waals surface area contributed by atoms with Gasteiger partial charge in [0.1, 0.15) is 6.54 Å². The Morgan fingerprint density at radius 2 is 2.37 bits per heavy atom. The summed E-state index contributed by atoms with van der Waals surface area (Å²) in [5.74, 6) is 1.25. The average Bonchev–Trinajstić information content (AvgIpc) is 3.05. The van der Waals surface area contributed by atoms with E-state index < -0.39 is 0 Å². The maximum Gasteiger partial charge on any atom is 0.226 e. The summed E-state index contributed by atoms with van der Waals surface area (Å²) in [6.45, 7) is 4.56. The number of rotatable bonds is 8. The maximum atomic E-state index is 5.04. The Bertz CT molecular complexity index is 495. The summed E-state index contributed by atoms with van der Waals surface area (Å²) < 4.78 is 11.7. The van der Waals surface area contributed by atoms with Crippen LogP contribution in [0.25, 0.3) is 0 Å². The first-order chi connectivity index (χ1) is 9.31. The van der Waals surface area contributed by atoms with Gasteiger partial charge in [-0.1, -0.05) is 17.3 Å². The molecule has 0 saturated carbocycles. The smallest absolute Gasteiger partial charge is 0.226 e. The van der Waals surface area contributed by atoms with Crippen LogP contribution in [0.2, 0.25) is 0 Å². The molecule has 0 bridgehead atoms. The van der Waals surface area contributed by atoms with Crippen molar-refractivity contribution >= 4 is 0 Å². The van der Waals surface area contributed by atoms with Crippen molar-refractivity contribution in [2.24, 2.45) is 0 Å². The van der Waals surface area contributed by atoms with Crippen molar-refractivity contribution in [3.05, 3.63) is 23.6 Å². The lowest BCUT2D eigenvalue weighted by atomic mass is 10.4. The van der Waals surface area contributed by atoms with E-state index in [2.05, 4.69) is 25.8 Å². The Morgan fingerprint density at radius 1 is 1.47 bits per heavy atom. The van der Waals surface area contributed by atoms with Gasteiger partial charge in [0.25, 0.3) is 0 Å². The molecular formula is C11H18N6O2. The summed E-state index contributed by atoms with van der Waals surface area (Å²) in [5.41, 5.74) is 0.871. The van der Waals surface area contributed by atoms with Gasteiger partial charge in [-0.25, -0.2) is 4.68 Å². The fourth-order valence-electron chi connectivity index (χ4n) is 1.53. The van der Waals surface area contributed by atoms with Crippen molar-refractivity contribution < 1.29 is 9.26 Å². The molecule has 0 aromatic carbocycles. The predicted molar refractivity (Wildman–Crippen MR) is 66.4 cm³/mol. The Morgan fingerprint density at radius 3 is 3.11 bits per heavy atom. The topological polar surface area (TPSA) is 90.9 Å². The molecule has 0 aliphatic carbocycles. The Kier molecular flexibility index (Phi) is 4.99. The third kappa shape index (κ3) is 4.11. The minimum atomic E-state index is 0.467. The normalized spacial score (nSPS) is 11.1. The van der Waals surface area contributed by atoms with E-state index in [1.165, 1.54) is 0 Å². The number of aromatic nitrogens is 5. The monoisotopic (exact) mass is 266 g/mol. The van der Waals surface area contributed by atoms with E-state index in [0.717, 1.165) is 18.7 Å². The molecule has 19 heavy (non-hydrogen) atoms. The third-order valence-electron chi connectivity index (χ3n) is 2.49. The molecule has 0 fully saturated rings. The Balaban J connectivity index is 1.83. The molecule has 2 aromatic rings. The average molecular weight is 266 g/mol. The van der Waals surface area contributed by atoms with Crippen LogP contribution in [0.4, 0.5) is 0 Å². The van der Waals surface area contributed by atoms with Gasteiger partial charge in [-0.3, -0.25) is 0 Å². The molecule has 0 amide bonds. The lowest BCUT2D eigenvalue weighted by Gasteiger charge is -1.99. The van der Waals surface area contributed by atoms with Crippen molar-refractivity contribution in [3.63, 3.8) is 0 Å². The van der Waals surface area contributed by atoms with Crippen LogP contribution in [-0.4, -0.2) is 45.4 Å². The number of nitrogens with one attached hydrogen (secondary N) is 1. The van der Waals surface area contributed by atoms with Crippen LogP contribution in [-0.2, 0) is 24.2 Å². The zero-order chi connectivity index (χ0) is 13.5. The quantitative estimate of drug-likeness (QED) is 0.673. The Labute approximate surface area is 111 Å². The highest BCUT2D eigenvalue weighted by Crippen LogP contribution is 2.01. The summed E-state index contributed by atoms with van der Waals surface area (Å²) in [4.78, 5) is 4.22. The molecule has 0 spiro atoms. The van der Waals surface area contributed by atoms with Crippen molar-refractivity contribution in [2.75, 3.05) is 20.3 Å². The number of aryl methyl sites for hydroxylation is 1. The van der Waals surface area contributed by atoms with Crippen molar-refractivity contribution in [3.8, 4) is 0 Å². The van der Waals surface area contributed by atoms with Crippen molar-refractivity contribution in [1.82, 2.24) is 30.5 Å². The lowest BCUT2D eigenvalue weighted by molar-refractivity contribution is 0.199. The van der Waals surface area contributed by atoms with Gasteiger partial charge in [0, 0.05) is 26.6 Å². The fraction of sp³-hybridized carbons (Fsp3) is 0.636. The van der Waals surface area contributed by atoms with Crippen LogP contribution in [0.15, 0.2) is 10.7 Å². The van der Waals surface area contributed by atoms with E-state index in [0.29, 0.717) is 31.4 Å². The van der Waals surface area contributed by atoms with Gasteiger partial charge in [0.15, 0.2) is 5.82 Å². The van der Waals surface area contributed by atoms with Crippen LogP contribution in [0.1, 0.15) is 24.3 Å². The van der Waals surface area contributed by atoms with Crippen LogP contribution in [0, 0.1) is 0 Å². The first-order valence-corrected chi connectivity index (χ1v) is 6.22. The van der Waals surface area contributed by atoms with Crippen molar-refractivity contribution in [2.45, 2.75) is 26.4 Å². The number of nitrogens with zero attached hydrogens (tertiary/aromatic N) is 5. The summed E-state index contributed by atoms with van der Waals surface area (Å²) in [5, 5.41) is 15.2. The highest BCUT2D eigenvalue weighted by atomic mass is 16.5. The molecule has 2 rings (SSSR count). The SMILES string of the molecule is CCc1nc(Cn2cc(CNCCOC)nn2)no1. The van der Waals surface area contributed by atoms with Crippen LogP contribution >= 0.6 is 0 Å². The second-order valence-electron chi connectivity index (χ2n) is 4.03. The predicted octanol–water partition coefficient (Wildman–Crippen LogP) is 0.00780. The second kappa shape index (κ2) is 6.95. The molecule has 0 aliphatic rings. The molecule has 2 aromatic heterocycles. The standard InChI is InChI=1S/C11H18N6O2/c1-3-11-13-10(15-19-11)8-17-7-9(14-16-17)6-12-4-5-18-2/h7,12H,3-6,8H2,1-2H3. The largest absolute Gasteiger partial charge is 0.383 e. The summed E-state index contributed by atoms with van der Waals surface area (Å²) >= 11 is 0. The number of ether oxygens (including phenoxy) is 1. The molecule has 0 aliphatic heterocycles. The maximum absolute atomic E-state index is 5.04. The molecule has 8 heteroatoms. The second-order valence-corrected chi connectivity index (χ2v) is 4.03. The highest BCUT2D eigenvalue weighted by Gasteiger charge is 2.07. The number of methoxy groups -OCH3 is 1. The molecular weight excluding hydrogens is 248 g/mol. The van der Waals surface area contributed by atoms with E-state index in [1.807, 2.05) is 13.1 Å². The minimum absolute atomic E-state index is 0.467. The van der Waals surface area contributed by atoms with Gasteiger partial charge in [-0.05, 0) is 0 Å². The van der Waals surface area contributed by atoms with Crippen LogP contribution in [0.5, 0.6) is 0 Å². The first kappa shape index (κ1) is 13.6. The van der Waals surface area contributed by atoms with E-state index in [9.17, 15) is 0 Å². The third-order valence-corrected chi connectivity index (χ3v) is 2.49. The van der Waals surface area contributed by atoms with Crippen LogP contribution in [0.3, 0.4) is 0 Å². The molecule has 0 radical (unpaired) electrons. The minimum Gasteiger partial charge on any atom is -0.383 e. The summed E-state index contributed by atoms with van der Waals surface area (Å²) in [6.07, 6.45) is 2.60. The van der Waals surface area contributed by atoms with Crippen LogP contribution < -0.4 is 5.32 Å². The molecule has 104 valence electrons. The Hall–Kier alpha value is -1.80. The van der Waals surface area contributed by atoms with E-state index >= 15 is 0 Å². The molecule has 0 unspecified atom stereocenters. The zero-order valence-electron chi connectivity index (χ0n) is 11.2. The lowest BCUT2D eigenvalue weighted by Crippen LogP contribution is -2.18. The number of hydrogen-bond donors (Lipinski definition) is 1. The fourth-order valence-corrected chi connectivity index (χ4v) is 1.53. The van der Waals surface area contributed by atoms with E-state index in [1.54, 1.807) is 11.8 Å². The zero-order valence-corrected chi connectivity index (χ0v) is 11.2. The molecule has 0 atom stereocenters. The molecule has 8 nitrogen and oxygen atoms in total. The highest BCUT2D eigenvalue weighted by molar-refractivity contribution is 4.94. The van der Waals surface area contributed by atoms with Gasteiger partial charge in [-0.15, -0.1) is 5.10 Å². The van der Waals surface area contributed by atoms with Gasteiger partial charge in [-0.2, -0.15) is 4.98 Å². The van der Waals surface area contributed by atoms with Gasteiger partial charge >= 0.3 is 0 Å². The van der Waals surface area contributed by atoms with Gasteiger partial charge in [0.2, 0.25) is 5.89 Å². The van der Waals surface area contributed by atoms with Crippen molar-refractivity contribution in [1.29, 1.82) is 0 Å². The van der Waals surface area contributed by atoms with E-state index in [4.69, 9.17) is 9.26 Å². The summed E-state index contributed by atoms with van der Waals surface area (Å²) in [6, 6.07) is 0.